The lowest BCUT2D eigenvalue weighted by molar-refractivity contribution is -0.165. The first kappa shape index (κ1) is 8.99. The van der Waals surface area contributed by atoms with Crippen LogP contribution in [0.1, 0.15) is 6.92 Å². The Hall–Kier alpha value is -0.0100. The maximum atomic E-state index is 9.60. The van der Waals surface area contributed by atoms with Crippen LogP contribution in [-0.2, 0) is 15.5 Å². The minimum atomic E-state index is -2.68. The van der Waals surface area contributed by atoms with Gasteiger partial charge in [-0.1, -0.05) is 0 Å². The molecule has 1 unspecified atom stereocenters. The van der Waals surface area contributed by atoms with E-state index in [1.54, 1.807) is 0 Å². The summed E-state index contributed by atoms with van der Waals surface area (Å²) < 4.78 is 23.0. The van der Waals surface area contributed by atoms with E-state index in [2.05, 4.69) is 4.18 Å². The molecular weight excluding hydrogens is 148 g/mol. The summed E-state index contributed by atoms with van der Waals surface area (Å²) in [7, 11) is 0. The molecule has 0 spiro atoms. The molecule has 9 heavy (non-hydrogen) atoms. The van der Waals surface area contributed by atoms with Crippen molar-refractivity contribution in [3.63, 3.8) is 0 Å². The molecule has 0 saturated carbocycles. The number of aliphatic hydroxyl groups is 2. The predicted octanol–water partition coefficient (Wildman–Crippen LogP) is -1.50. The van der Waals surface area contributed by atoms with Crippen molar-refractivity contribution >= 4 is 11.4 Å². The lowest BCUT2D eigenvalue weighted by Gasteiger charge is -2.15. The van der Waals surface area contributed by atoms with Gasteiger partial charge in [-0.05, 0) is 6.92 Å². The summed E-state index contributed by atoms with van der Waals surface area (Å²) in [6, 6.07) is 0. The van der Waals surface area contributed by atoms with Crippen LogP contribution in [-0.4, -0.2) is 31.4 Å². The van der Waals surface area contributed by atoms with E-state index in [-0.39, 0.29) is 0 Å². The van der Waals surface area contributed by atoms with Gasteiger partial charge < -0.3 is 14.8 Å². The Morgan fingerprint density at radius 3 is 2.33 bits per heavy atom. The van der Waals surface area contributed by atoms with Gasteiger partial charge in [0, 0.05) is 0 Å². The molecule has 0 aromatic rings. The Bertz CT molecular complexity index is 105. The van der Waals surface area contributed by atoms with Crippen LogP contribution < -0.4 is 0 Å². The molecule has 0 aliphatic rings. The smallest absolute Gasteiger partial charge is 0.185 e. The Balaban J connectivity index is 3.39. The third-order valence-electron chi connectivity index (χ3n) is 0.429. The van der Waals surface area contributed by atoms with E-state index in [1.807, 2.05) is 0 Å². The van der Waals surface area contributed by atoms with E-state index < -0.39 is 23.8 Å². The van der Waals surface area contributed by atoms with Crippen LogP contribution in [0.15, 0.2) is 0 Å². The molecule has 0 aliphatic carbocycles. The molecule has 0 amide bonds. The van der Waals surface area contributed by atoms with E-state index in [4.69, 9.17) is 10.2 Å². The average molecular weight is 155 g/mol. The first-order chi connectivity index (χ1) is 3.92. The van der Waals surface area contributed by atoms with Gasteiger partial charge in [-0.3, -0.25) is 4.18 Å². The van der Waals surface area contributed by atoms with Crippen molar-refractivity contribution in [2.45, 2.75) is 12.7 Å². The maximum absolute atomic E-state index is 9.60. The van der Waals surface area contributed by atoms with Crippen molar-refractivity contribution in [3.05, 3.63) is 0 Å². The molecule has 0 saturated heterocycles. The van der Waals surface area contributed by atoms with Gasteiger partial charge in [0.25, 0.3) is 0 Å². The summed E-state index contributed by atoms with van der Waals surface area (Å²) in [5.41, 5.74) is 0. The molecule has 5 nitrogen and oxygen atoms in total. The zero-order valence-corrected chi connectivity index (χ0v) is 5.55. The van der Waals surface area contributed by atoms with Gasteiger partial charge >= 0.3 is 0 Å². The zero-order chi connectivity index (χ0) is 7.49. The van der Waals surface area contributed by atoms with E-state index in [9.17, 15) is 8.76 Å². The van der Waals surface area contributed by atoms with Crippen molar-refractivity contribution in [1.82, 2.24) is 0 Å². The highest BCUT2D eigenvalue weighted by molar-refractivity contribution is 7.74. The number of hydrogen-bond donors (Lipinski definition) is 2. The zero-order valence-electron chi connectivity index (χ0n) is 4.73. The Morgan fingerprint density at radius 1 is 1.78 bits per heavy atom. The lowest BCUT2D eigenvalue weighted by atomic mass is 10.4. The molecule has 0 rings (SSSR count). The van der Waals surface area contributed by atoms with Crippen LogP contribution in [0.4, 0.5) is 0 Å². The second-order valence-electron chi connectivity index (χ2n) is 1.68. The first-order valence-corrected chi connectivity index (χ1v) is 3.09. The molecule has 6 heteroatoms. The van der Waals surface area contributed by atoms with Gasteiger partial charge in [0.15, 0.2) is 5.79 Å². The minimum Gasteiger partial charge on any atom is -0.750 e. The summed E-state index contributed by atoms with van der Waals surface area (Å²) >= 11 is -2.68. The third kappa shape index (κ3) is 7.99. The average Bonchev–Trinajstić information content (AvgIpc) is 1.59. The summed E-state index contributed by atoms with van der Waals surface area (Å²) in [6.07, 6.45) is 0. The SMILES string of the molecule is CC(O)(O)COS(=O)[O-]. The maximum Gasteiger partial charge on any atom is 0.185 e. The van der Waals surface area contributed by atoms with E-state index in [0.29, 0.717) is 0 Å². The van der Waals surface area contributed by atoms with Crippen LogP contribution in [0.3, 0.4) is 0 Å². The van der Waals surface area contributed by atoms with Crippen molar-refractivity contribution in [2.24, 2.45) is 0 Å². The van der Waals surface area contributed by atoms with Crippen LogP contribution in [0.2, 0.25) is 0 Å². The molecular formula is C3H7O5S-. The fourth-order valence-electron chi connectivity index (χ4n) is 0.160. The summed E-state index contributed by atoms with van der Waals surface area (Å²) in [5.74, 6) is -2.08. The normalized spacial score (nSPS) is 15.6. The Morgan fingerprint density at radius 2 is 2.22 bits per heavy atom. The molecule has 1 atom stereocenters. The molecule has 0 radical (unpaired) electrons. The molecule has 0 aliphatic heterocycles. The molecule has 0 aromatic heterocycles. The predicted molar refractivity (Wildman–Crippen MR) is 27.7 cm³/mol. The van der Waals surface area contributed by atoms with E-state index in [1.165, 1.54) is 0 Å². The quantitative estimate of drug-likeness (QED) is 0.382. The standard InChI is InChI=1S/C3H8O5S/c1-3(4,5)2-8-9(6)7/h4-5H,2H2,1H3,(H,6,7)/p-1. The highest BCUT2D eigenvalue weighted by Gasteiger charge is 2.14. The lowest BCUT2D eigenvalue weighted by Crippen LogP contribution is -2.30. The number of rotatable bonds is 3. The van der Waals surface area contributed by atoms with Crippen LogP contribution >= 0.6 is 0 Å². The second kappa shape index (κ2) is 3.23. The highest BCUT2D eigenvalue weighted by atomic mass is 32.2. The fourth-order valence-corrected chi connectivity index (χ4v) is 0.479. The summed E-state index contributed by atoms with van der Waals surface area (Å²) in [6.45, 7) is 0.364. The van der Waals surface area contributed by atoms with Crippen LogP contribution in [0.25, 0.3) is 0 Å². The van der Waals surface area contributed by atoms with Crippen molar-refractivity contribution in [3.8, 4) is 0 Å². The fraction of sp³-hybridized carbons (Fsp3) is 1.00. The monoisotopic (exact) mass is 155 g/mol. The van der Waals surface area contributed by atoms with Crippen molar-refractivity contribution in [2.75, 3.05) is 6.61 Å². The minimum absolute atomic E-state index is 0.650. The highest BCUT2D eigenvalue weighted by Crippen LogP contribution is 1.97. The van der Waals surface area contributed by atoms with E-state index in [0.717, 1.165) is 6.92 Å². The molecule has 0 bridgehead atoms. The van der Waals surface area contributed by atoms with Crippen LogP contribution in [0, 0.1) is 0 Å². The Kier molecular flexibility index (Phi) is 3.23. The van der Waals surface area contributed by atoms with Crippen LogP contribution in [0.5, 0.6) is 0 Å². The van der Waals surface area contributed by atoms with Gasteiger partial charge in [-0.2, -0.15) is 0 Å². The number of hydrogen-bond acceptors (Lipinski definition) is 5. The topological polar surface area (TPSA) is 89.8 Å². The van der Waals surface area contributed by atoms with E-state index >= 15 is 0 Å². The van der Waals surface area contributed by atoms with Crippen molar-refractivity contribution < 1.29 is 23.2 Å². The largest absolute Gasteiger partial charge is 0.750 e. The molecule has 56 valence electrons. The molecule has 2 N–H and O–H groups in total. The van der Waals surface area contributed by atoms with Gasteiger partial charge in [0.05, 0.1) is 11.4 Å². The van der Waals surface area contributed by atoms with Gasteiger partial charge in [0.2, 0.25) is 0 Å². The second-order valence-corrected chi connectivity index (χ2v) is 2.33. The van der Waals surface area contributed by atoms with Crippen molar-refractivity contribution in [1.29, 1.82) is 0 Å². The molecule has 0 fully saturated rings. The Labute approximate surface area is 54.8 Å². The molecule has 0 aromatic carbocycles. The van der Waals surface area contributed by atoms with Gasteiger partial charge in [-0.15, -0.1) is 0 Å². The summed E-state index contributed by atoms with van der Waals surface area (Å²) in [4.78, 5) is 0. The van der Waals surface area contributed by atoms with Gasteiger partial charge in [0.1, 0.15) is 6.61 Å². The summed E-state index contributed by atoms with van der Waals surface area (Å²) in [5, 5.41) is 16.8. The molecule has 0 heterocycles. The third-order valence-corrected chi connectivity index (χ3v) is 0.739. The first-order valence-electron chi connectivity index (χ1n) is 2.09. The van der Waals surface area contributed by atoms with Gasteiger partial charge in [-0.25, -0.2) is 4.21 Å².